The zero-order valence-corrected chi connectivity index (χ0v) is 11.5. The highest BCUT2D eigenvalue weighted by Crippen LogP contribution is 2.37. The number of hydrogen-bond acceptors (Lipinski definition) is 5. The number of ketones is 1. The van der Waals surface area contributed by atoms with Crippen molar-refractivity contribution in [1.82, 2.24) is 0 Å². The van der Waals surface area contributed by atoms with Crippen LogP contribution in [0.2, 0.25) is 0 Å². The molecule has 0 amide bonds. The van der Waals surface area contributed by atoms with E-state index in [0.717, 1.165) is 0 Å². The largest absolute Gasteiger partial charge is 0.457 e. The Morgan fingerprint density at radius 1 is 1.43 bits per heavy atom. The first-order chi connectivity index (χ1) is 10.0. The molecule has 0 fully saturated rings. The third-order valence-electron chi connectivity index (χ3n) is 3.39. The Morgan fingerprint density at radius 3 is 2.76 bits per heavy atom. The van der Waals surface area contributed by atoms with Crippen LogP contribution in [0.3, 0.4) is 0 Å². The van der Waals surface area contributed by atoms with Crippen molar-refractivity contribution >= 4 is 17.4 Å². The van der Waals surface area contributed by atoms with Gasteiger partial charge in [-0.1, -0.05) is 18.2 Å². The summed E-state index contributed by atoms with van der Waals surface area (Å²) in [5.41, 5.74) is 0.109. The highest BCUT2D eigenvalue weighted by molar-refractivity contribution is 5.93. The molecule has 0 unspecified atom stereocenters. The summed E-state index contributed by atoms with van der Waals surface area (Å²) in [6, 6.07) is 6.03. The minimum atomic E-state index is -0.929. The molecule has 0 saturated heterocycles. The van der Waals surface area contributed by atoms with E-state index in [-0.39, 0.29) is 17.0 Å². The van der Waals surface area contributed by atoms with Gasteiger partial charge in [0.15, 0.2) is 5.78 Å². The number of para-hydroxylation sites is 1. The molecule has 1 aliphatic rings. The van der Waals surface area contributed by atoms with Gasteiger partial charge in [-0.2, -0.15) is 0 Å². The van der Waals surface area contributed by atoms with Gasteiger partial charge in [0, 0.05) is 13.0 Å². The van der Waals surface area contributed by atoms with Crippen LogP contribution in [-0.2, 0) is 14.3 Å². The fourth-order valence-corrected chi connectivity index (χ4v) is 2.48. The Hall–Kier alpha value is -2.50. The number of nitro groups is 1. The molecule has 2 atom stereocenters. The summed E-state index contributed by atoms with van der Waals surface area (Å²) in [7, 11) is 0. The van der Waals surface area contributed by atoms with E-state index in [1.807, 2.05) is 0 Å². The molecule has 0 spiro atoms. The highest BCUT2D eigenvalue weighted by Gasteiger charge is 2.35. The van der Waals surface area contributed by atoms with Crippen LogP contribution in [0.1, 0.15) is 31.4 Å². The second-order valence-electron chi connectivity index (χ2n) is 4.83. The molecule has 21 heavy (non-hydrogen) atoms. The van der Waals surface area contributed by atoms with Crippen LogP contribution in [0.4, 0.5) is 5.69 Å². The maximum Gasteiger partial charge on any atom is 0.303 e. The maximum absolute atomic E-state index is 12.0. The Balaban J connectivity index is 2.45. The SMILES string of the molecule is CC(=O)O[C@@H](c1ccccc1[N+](=O)[O-])[C@@H]1CCC=CC1=O. The van der Waals surface area contributed by atoms with Crippen molar-refractivity contribution in [2.45, 2.75) is 25.9 Å². The molecular formula is C15H15NO5. The lowest BCUT2D eigenvalue weighted by Crippen LogP contribution is -2.27. The lowest BCUT2D eigenvalue weighted by atomic mass is 9.84. The molecule has 2 rings (SSSR count). The van der Waals surface area contributed by atoms with Gasteiger partial charge in [0.25, 0.3) is 5.69 Å². The molecule has 0 aromatic heterocycles. The van der Waals surface area contributed by atoms with Crippen molar-refractivity contribution in [1.29, 1.82) is 0 Å². The van der Waals surface area contributed by atoms with Gasteiger partial charge in [-0.3, -0.25) is 19.7 Å². The first-order valence-corrected chi connectivity index (χ1v) is 6.61. The molecule has 1 aliphatic carbocycles. The van der Waals surface area contributed by atoms with Crippen molar-refractivity contribution in [3.8, 4) is 0 Å². The number of nitro benzene ring substituents is 1. The van der Waals surface area contributed by atoms with Gasteiger partial charge in [0.2, 0.25) is 0 Å². The van der Waals surface area contributed by atoms with Crippen molar-refractivity contribution in [3.63, 3.8) is 0 Å². The predicted molar refractivity (Wildman–Crippen MR) is 74.5 cm³/mol. The lowest BCUT2D eigenvalue weighted by Gasteiger charge is -2.26. The number of hydrogen-bond donors (Lipinski definition) is 0. The average molecular weight is 289 g/mol. The first-order valence-electron chi connectivity index (χ1n) is 6.61. The van der Waals surface area contributed by atoms with Gasteiger partial charge >= 0.3 is 5.97 Å². The molecule has 110 valence electrons. The molecule has 0 saturated carbocycles. The van der Waals surface area contributed by atoms with E-state index in [4.69, 9.17) is 4.74 Å². The summed E-state index contributed by atoms with van der Waals surface area (Å²) in [6.07, 6.45) is 3.44. The van der Waals surface area contributed by atoms with Crippen molar-refractivity contribution in [2.75, 3.05) is 0 Å². The molecule has 0 bridgehead atoms. The van der Waals surface area contributed by atoms with Crippen LogP contribution in [0.5, 0.6) is 0 Å². The van der Waals surface area contributed by atoms with Crippen molar-refractivity contribution in [3.05, 3.63) is 52.1 Å². The number of esters is 1. The van der Waals surface area contributed by atoms with Crippen molar-refractivity contribution < 1.29 is 19.2 Å². The van der Waals surface area contributed by atoms with Crippen LogP contribution in [-0.4, -0.2) is 16.7 Å². The second-order valence-corrected chi connectivity index (χ2v) is 4.83. The molecule has 0 radical (unpaired) electrons. The van der Waals surface area contributed by atoms with E-state index in [1.54, 1.807) is 12.1 Å². The molecule has 0 heterocycles. The minimum Gasteiger partial charge on any atom is -0.457 e. The molecule has 6 heteroatoms. The topological polar surface area (TPSA) is 86.5 Å². The Labute approximate surface area is 121 Å². The van der Waals surface area contributed by atoms with Gasteiger partial charge in [-0.05, 0) is 25.0 Å². The van der Waals surface area contributed by atoms with Gasteiger partial charge in [0.1, 0.15) is 6.10 Å². The van der Waals surface area contributed by atoms with Crippen LogP contribution in [0, 0.1) is 16.0 Å². The second kappa shape index (κ2) is 6.30. The number of allylic oxidation sites excluding steroid dienone is 2. The van der Waals surface area contributed by atoms with E-state index in [9.17, 15) is 19.7 Å². The van der Waals surface area contributed by atoms with Crippen LogP contribution < -0.4 is 0 Å². The highest BCUT2D eigenvalue weighted by atomic mass is 16.6. The maximum atomic E-state index is 12.0. The van der Waals surface area contributed by atoms with E-state index < -0.39 is 22.9 Å². The van der Waals surface area contributed by atoms with Crippen molar-refractivity contribution in [2.24, 2.45) is 5.92 Å². The number of ether oxygens (including phenoxy) is 1. The van der Waals surface area contributed by atoms with E-state index in [0.29, 0.717) is 12.8 Å². The number of nitrogens with zero attached hydrogens (tertiary/aromatic N) is 1. The summed E-state index contributed by atoms with van der Waals surface area (Å²) in [4.78, 5) is 34.0. The van der Waals surface area contributed by atoms with Gasteiger partial charge in [0.05, 0.1) is 16.4 Å². The van der Waals surface area contributed by atoms with E-state index >= 15 is 0 Å². The number of carbonyl (C=O) groups is 2. The molecule has 1 aromatic rings. The zero-order chi connectivity index (χ0) is 15.4. The third-order valence-corrected chi connectivity index (χ3v) is 3.39. The number of rotatable bonds is 4. The zero-order valence-electron chi connectivity index (χ0n) is 11.5. The average Bonchev–Trinajstić information content (AvgIpc) is 2.45. The van der Waals surface area contributed by atoms with Gasteiger partial charge in [-0.15, -0.1) is 0 Å². The smallest absolute Gasteiger partial charge is 0.303 e. The van der Waals surface area contributed by atoms with Crippen LogP contribution in [0.15, 0.2) is 36.4 Å². The number of carbonyl (C=O) groups excluding carboxylic acids is 2. The Morgan fingerprint density at radius 2 is 2.14 bits per heavy atom. The van der Waals surface area contributed by atoms with Crippen LogP contribution in [0.25, 0.3) is 0 Å². The lowest BCUT2D eigenvalue weighted by molar-refractivity contribution is -0.386. The molecular weight excluding hydrogens is 274 g/mol. The predicted octanol–water partition coefficient (Wildman–Crippen LogP) is 2.73. The molecule has 0 N–H and O–H groups in total. The third kappa shape index (κ3) is 3.34. The Kier molecular flexibility index (Phi) is 4.47. The fourth-order valence-electron chi connectivity index (χ4n) is 2.48. The first kappa shape index (κ1) is 14.9. The summed E-state index contributed by atoms with van der Waals surface area (Å²) >= 11 is 0. The van der Waals surface area contributed by atoms with Gasteiger partial charge < -0.3 is 4.74 Å². The normalized spacial score (nSPS) is 19.1. The van der Waals surface area contributed by atoms with Crippen LogP contribution >= 0.6 is 0 Å². The van der Waals surface area contributed by atoms with Gasteiger partial charge in [-0.25, -0.2) is 0 Å². The number of benzene rings is 1. The van der Waals surface area contributed by atoms with E-state index in [1.165, 1.54) is 31.2 Å². The summed E-state index contributed by atoms with van der Waals surface area (Å²) in [5, 5.41) is 11.1. The molecule has 1 aromatic carbocycles. The summed E-state index contributed by atoms with van der Waals surface area (Å²) in [5.74, 6) is -1.33. The monoisotopic (exact) mass is 289 g/mol. The summed E-state index contributed by atoms with van der Waals surface area (Å²) in [6.45, 7) is 1.23. The summed E-state index contributed by atoms with van der Waals surface area (Å²) < 4.78 is 5.24. The standard InChI is InChI=1S/C15H15NO5/c1-10(17)21-15(12-7-3-5-9-14(12)18)11-6-2-4-8-13(11)16(19)20/h2,4-6,8-9,12,15H,3,7H2,1H3/t12-,15+/m1/s1. The Bertz CT molecular complexity index is 608. The van der Waals surface area contributed by atoms with E-state index in [2.05, 4.69) is 0 Å². The molecule has 6 nitrogen and oxygen atoms in total. The fraction of sp³-hybridized carbons (Fsp3) is 0.333. The quantitative estimate of drug-likeness (QED) is 0.483. The molecule has 0 aliphatic heterocycles. The minimum absolute atomic E-state index is 0.147.